The highest BCUT2D eigenvalue weighted by molar-refractivity contribution is 6.74. The molecule has 4 heterocycles. The molecule has 0 radical (unpaired) electrons. The Hall–Kier alpha value is -6.26. The van der Waals surface area contributed by atoms with Crippen LogP contribution >= 0.6 is 0 Å². The third kappa shape index (κ3) is 19.9. The topological polar surface area (TPSA) is 263 Å². The Balaban J connectivity index is 0.000000315. The van der Waals surface area contributed by atoms with Crippen LogP contribution in [0.1, 0.15) is 176 Å². The second-order valence-electron chi connectivity index (χ2n) is 25.6. The summed E-state index contributed by atoms with van der Waals surface area (Å²) in [7, 11) is -2.26. The second-order valence-corrected chi connectivity index (χ2v) is 30.4. The number of rotatable bonds is 4. The average Bonchev–Trinajstić information content (AvgIpc) is 3.62. The van der Waals surface area contributed by atoms with Crippen molar-refractivity contribution in [1.29, 1.82) is 0 Å². The van der Waals surface area contributed by atoms with Crippen molar-refractivity contribution in [2.24, 2.45) is 23.7 Å². The number of carbonyl (C=O) groups is 8. The zero-order valence-electron chi connectivity index (χ0n) is 52.9. The number of cyclic esters (lactones) is 2. The monoisotopic (exact) mass is 1200 g/mol. The molecular formula is C64H98N8O12Si. The van der Waals surface area contributed by atoms with E-state index in [0.29, 0.717) is 64.5 Å². The minimum Gasteiger partial charge on any atom is -0.452 e. The Morgan fingerprint density at radius 2 is 0.965 bits per heavy atom. The van der Waals surface area contributed by atoms with Crippen molar-refractivity contribution in [2.75, 3.05) is 13.1 Å². The number of hydrogen-bond acceptors (Lipinski definition) is 14. The molecule has 2 saturated heterocycles. The molecule has 85 heavy (non-hydrogen) atoms. The number of allylic oxidation sites excluding steroid dienone is 2. The fraction of sp³-hybridized carbons (Fsp3) is 0.625. The lowest BCUT2D eigenvalue weighted by molar-refractivity contribution is -0.166. The lowest BCUT2D eigenvalue weighted by Gasteiger charge is -2.40. The van der Waals surface area contributed by atoms with Gasteiger partial charge in [0.15, 0.2) is 20.5 Å². The van der Waals surface area contributed by atoms with Crippen LogP contribution in [0, 0.1) is 23.7 Å². The van der Waals surface area contributed by atoms with E-state index < -0.39 is 98.4 Å². The molecule has 7 N–H and O–H groups in total. The molecule has 0 aromatic heterocycles. The van der Waals surface area contributed by atoms with Gasteiger partial charge in [-0.15, -0.1) is 0 Å². The van der Waals surface area contributed by atoms with E-state index in [4.69, 9.17) is 13.9 Å². The number of nitrogens with zero attached hydrogens (tertiary/aromatic N) is 2. The van der Waals surface area contributed by atoms with Crippen LogP contribution in [0.25, 0.3) is 12.2 Å². The maximum atomic E-state index is 13.6. The number of aliphatic hydroxyl groups excluding tert-OH is 1. The smallest absolute Gasteiger partial charge is 0.312 e. The largest absolute Gasteiger partial charge is 0.452 e. The molecule has 6 rings (SSSR count). The van der Waals surface area contributed by atoms with E-state index in [0.717, 1.165) is 22.3 Å². The van der Waals surface area contributed by atoms with Crippen molar-refractivity contribution in [3.8, 4) is 0 Å². The summed E-state index contributed by atoms with van der Waals surface area (Å²) in [5.74, 6) is -5.60. The summed E-state index contributed by atoms with van der Waals surface area (Å²) in [5, 5.41) is 24.8. The van der Waals surface area contributed by atoms with Crippen LogP contribution in [0.15, 0.2) is 60.7 Å². The van der Waals surface area contributed by atoms with E-state index in [1.807, 2.05) is 74.5 Å². The molecule has 4 aliphatic heterocycles. The zero-order valence-corrected chi connectivity index (χ0v) is 53.9. The second kappa shape index (κ2) is 31.4. The van der Waals surface area contributed by atoms with Crippen molar-refractivity contribution >= 4 is 67.9 Å². The van der Waals surface area contributed by atoms with Gasteiger partial charge in [0, 0.05) is 13.1 Å². The van der Waals surface area contributed by atoms with E-state index >= 15 is 0 Å². The average molecular weight is 1200 g/mol. The van der Waals surface area contributed by atoms with Gasteiger partial charge in [-0.25, -0.2) is 10.9 Å². The molecule has 2 aromatic carbocycles. The van der Waals surface area contributed by atoms with Crippen molar-refractivity contribution in [2.45, 2.75) is 220 Å². The predicted molar refractivity (Wildman–Crippen MR) is 329 cm³/mol. The van der Waals surface area contributed by atoms with Gasteiger partial charge in [0.2, 0.25) is 11.8 Å². The Bertz CT molecular complexity index is 2710. The van der Waals surface area contributed by atoms with Crippen LogP contribution in [-0.2, 0) is 52.3 Å². The standard InChI is InChI=1S/C35H56N4O6Si.C29H42N4O6/c1-22(2)30-32(41)37-25(5)33(42)39-20-14-18-28(38-39)31(40)36-24(4)27-17-13-16-26(21-27)15-11-12-19-29(23(3)34(43)44-30)45-46(9,10)35(6,7)8;1-17(2)25-27(36)31-20(5)28(37)33-15-9-13-23(32-33)26(35)30-19(4)22-12-8-11-21(16-22)10-6-7-14-24(34)18(3)29(38)39-25/h11,13,15-17,21-25,28-30,38H,12,14,18-20H2,1-10H3,(H,36,40)(H,37,41);6,8,10-12,16-20,23-25,32,34H,7,9,13-15H2,1-5H3,(H,30,35)(H,31,36)/b15-11+;10-6+/t23-,24-,25+,28+,29-,30+;18-,19-,20+,23+,24-,25+/m11/s1. The normalized spacial score (nSPS) is 29.8. The maximum absolute atomic E-state index is 13.6. The molecule has 21 heteroatoms. The van der Waals surface area contributed by atoms with Gasteiger partial charge >= 0.3 is 11.9 Å². The minimum absolute atomic E-state index is 0.0634. The van der Waals surface area contributed by atoms with Gasteiger partial charge in [0.05, 0.1) is 36.1 Å². The summed E-state index contributed by atoms with van der Waals surface area (Å²) in [6.45, 7) is 29.1. The molecule has 0 unspecified atom stereocenters. The molecule has 2 aromatic rings. The molecule has 470 valence electrons. The van der Waals surface area contributed by atoms with E-state index in [9.17, 15) is 43.5 Å². The fourth-order valence-corrected chi connectivity index (χ4v) is 11.5. The maximum Gasteiger partial charge on any atom is 0.312 e. The van der Waals surface area contributed by atoms with Crippen molar-refractivity contribution in [3.05, 3.63) is 82.9 Å². The Morgan fingerprint density at radius 3 is 1.38 bits per heavy atom. The van der Waals surface area contributed by atoms with Crippen LogP contribution in [0.2, 0.25) is 18.1 Å². The minimum atomic E-state index is -2.26. The van der Waals surface area contributed by atoms with Crippen molar-refractivity contribution in [3.63, 3.8) is 0 Å². The van der Waals surface area contributed by atoms with Gasteiger partial charge < -0.3 is 40.3 Å². The van der Waals surface area contributed by atoms with Crippen LogP contribution < -0.4 is 32.1 Å². The summed E-state index contributed by atoms with van der Waals surface area (Å²) >= 11 is 0. The third-order valence-electron chi connectivity index (χ3n) is 16.7. The van der Waals surface area contributed by atoms with Gasteiger partial charge in [-0.05, 0) is 157 Å². The third-order valence-corrected chi connectivity index (χ3v) is 21.3. The Morgan fingerprint density at radius 1 is 0.565 bits per heavy atom. The highest BCUT2D eigenvalue weighted by atomic mass is 28.4. The summed E-state index contributed by atoms with van der Waals surface area (Å²) in [5.41, 5.74) is 9.92. The zero-order chi connectivity index (χ0) is 63.1. The van der Waals surface area contributed by atoms with Gasteiger partial charge in [0.1, 0.15) is 24.2 Å². The van der Waals surface area contributed by atoms with Crippen molar-refractivity contribution < 1.29 is 57.4 Å². The lowest BCUT2D eigenvalue weighted by Crippen LogP contribution is -2.61. The van der Waals surface area contributed by atoms with E-state index in [2.05, 4.69) is 78.1 Å². The number of fused-ring (bicyclic) bond motifs is 8. The molecule has 0 saturated carbocycles. The Labute approximate surface area is 505 Å². The van der Waals surface area contributed by atoms with E-state index in [-0.39, 0.29) is 46.7 Å². The molecule has 4 aliphatic rings. The van der Waals surface area contributed by atoms with Gasteiger partial charge in [-0.3, -0.25) is 48.4 Å². The molecule has 0 spiro atoms. The number of aliphatic hydroxyl groups is 1. The van der Waals surface area contributed by atoms with E-state index in [1.54, 1.807) is 55.4 Å². The first-order valence-electron chi connectivity index (χ1n) is 30.5. The van der Waals surface area contributed by atoms with Crippen LogP contribution in [0.3, 0.4) is 0 Å². The van der Waals surface area contributed by atoms with Gasteiger partial charge in [-0.1, -0.05) is 109 Å². The number of hydrogen-bond donors (Lipinski definition) is 7. The Kier molecular flexibility index (Phi) is 25.7. The molecular weight excluding hydrogens is 1100 g/mol. The first-order chi connectivity index (χ1) is 39.9. The quantitative estimate of drug-likeness (QED) is 0.116. The van der Waals surface area contributed by atoms with Gasteiger partial charge in [-0.2, -0.15) is 0 Å². The first-order valence-corrected chi connectivity index (χ1v) is 33.5. The molecule has 8 bridgehead atoms. The predicted octanol–water partition coefficient (Wildman–Crippen LogP) is 7.50. The SMILES string of the molecule is CC(C)[C@@H]1OC(=O)[C@H](C)[C@H](O)CC/C=C/c2cccc(c2)[C@@H](C)NC(=O)[C@@H]2CCCN(N2)C(=O)[C@H](C)NC1=O.CC(C)[C@@H]1OC(=O)[C@H](C)[C@H](O[Si](C)(C)C(C)(C)C)CC/C=C/c2cccc(c2)[C@@H](C)NC(=O)[C@@H]2CCCN(N2)C(=O)[C@H](C)NC1=O. The summed E-state index contributed by atoms with van der Waals surface area (Å²) in [6.07, 6.45) is 8.98. The fourth-order valence-electron chi connectivity index (χ4n) is 10.1. The molecule has 6 amide bonds. The molecule has 20 nitrogen and oxygen atoms in total. The molecule has 12 atom stereocenters. The van der Waals surface area contributed by atoms with Crippen molar-refractivity contribution in [1.82, 2.24) is 42.1 Å². The number of ether oxygens (including phenoxy) is 2. The number of esters is 2. The van der Waals surface area contributed by atoms with Gasteiger partial charge in [0.25, 0.3) is 23.6 Å². The molecule has 2 fully saturated rings. The highest BCUT2D eigenvalue weighted by Crippen LogP contribution is 2.39. The van der Waals surface area contributed by atoms with Crippen LogP contribution in [0.4, 0.5) is 0 Å². The number of amides is 6. The van der Waals surface area contributed by atoms with Crippen LogP contribution in [-0.4, -0.2) is 132 Å². The highest BCUT2D eigenvalue weighted by Gasteiger charge is 2.43. The van der Waals surface area contributed by atoms with E-state index in [1.165, 1.54) is 10.0 Å². The number of carbonyl (C=O) groups excluding carboxylic acids is 8. The van der Waals surface area contributed by atoms with Crippen LogP contribution in [0.5, 0.6) is 0 Å². The summed E-state index contributed by atoms with van der Waals surface area (Å²) < 4.78 is 18.2. The number of benzene rings is 2. The molecule has 0 aliphatic carbocycles. The lowest BCUT2D eigenvalue weighted by atomic mass is 9.99. The number of nitrogens with one attached hydrogen (secondary N) is 6. The summed E-state index contributed by atoms with van der Waals surface area (Å²) in [6, 6.07) is 12.3. The number of hydrazine groups is 2. The first kappa shape index (κ1) is 69.5. The summed E-state index contributed by atoms with van der Waals surface area (Å²) in [4.78, 5) is 106.